The van der Waals surface area contributed by atoms with Crippen LogP contribution in [0.2, 0.25) is 0 Å². The lowest BCUT2D eigenvalue weighted by Crippen LogP contribution is -2.37. The van der Waals surface area contributed by atoms with Gasteiger partial charge in [-0.1, -0.05) is 24.3 Å². The zero-order valence-electron chi connectivity index (χ0n) is 11.6. The van der Waals surface area contributed by atoms with Crippen molar-refractivity contribution in [1.82, 2.24) is 9.88 Å². The first kappa shape index (κ1) is 13.9. The number of rotatable bonds is 5. The van der Waals surface area contributed by atoms with Crippen LogP contribution in [0, 0.1) is 0 Å². The van der Waals surface area contributed by atoms with Crippen molar-refractivity contribution in [3.05, 3.63) is 42.1 Å². The second-order valence-electron chi connectivity index (χ2n) is 5.00. The molecule has 0 radical (unpaired) electrons. The van der Waals surface area contributed by atoms with Crippen LogP contribution in [-0.4, -0.2) is 48.5 Å². The van der Waals surface area contributed by atoms with Crippen molar-refractivity contribution in [2.24, 2.45) is 0 Å². The summed E-state index contributed by atoms with van der Waals surface area (Å²) < 4.78 is 5.36. The molecule has 0 spiro atoms. The maximum absolute atomic E-state index is 5.36. The Morgan fingerprint density at radius 3 is 2.85 bits per heavy atom. The molecule has 0 aliphatic carbocycles. The van der Waals surface area contributed by atoms with E-state index in [-0.39, 0.29) is 0 Å². The number of hydrogen-bond donors (Lipinski definition) is 0. The molecule has 0 unspecified atom stereocenters. The SMILES string of the molecule is c1ccc2nc(CSCCN3CCOCC3)ccc2c1. The van der Waals surface area contributed by atoms with Crippen LogP contribution in [0.1, 0.15) is 5.69 Å². The Labute approximate surface area is 124 Å². The fourth-order valence-electron chi connectivity index (χ4n) is 2.38. The van der Waals surface area contributed by atoms with Crippen LogP contribution < -0.4 is 0 Å². The van der Waals surface area contributed by atoms with E-state index in [0.29, 0.717) is 0 Å². The van der Waals surface area contributed by atoms with E-state index in [2.05, 4.69) is 35.2 Å². The van der Waals surface area contributed by atoms with E-state index in [1.807, 2.05) is 17.8 Å². The molecule has 2 aromatic rings. The van der Waals surface area contributed by atoms with Crippen LogP contribution in [-0.2, 0) is 10.5 Å². The van der Waals surface area contributed by atoms with Gasteiger partial charge in [-0.15, -0.1) is 0 Å². The maximum Gasteiger partial charge on any atom is 0.0705 e. The number of morpholine rings is 1. The Kier molecular flexibility index (Phi) is 4.90. The highest BCUT2D eigenvalue weighted by Crippen LogP contribution is 2.16. The molecule has 1 aliphatic rings. The molecule has 1 aliphatic heterocycles. The third-order valence-corrected chi connectivity index (χ3v) is 4.53. The van der Waals surface area contributed by atoms with Gasteiger partial charge in [0.05, 0.1) is 24.4 Å². The largest absolute Gasteiger partial charge is 0.379 e. The molecule has 20 heavy (non-hydrogen) atoms. The summed E-state index contributed by atoms with van der Waals surface area (Å²) in [7, 11) is 0. The zero-order chi connectivity index (χ0) is 13.6. The van der Waals surface area contributed by atoms with Gasteiger partial charge in [0, 0.05) is 36.5 Å². The van der Waals surface area contributed by atoms with E-state index < -0.39 is 0 Å². The summed E-state index contributed by atoms with van der Waals surface area (Å²) in [5.41, 5.74) is 2.27. The number of hydrogen-bond acceptors (Lipinski definition) is 4. The standard InChI is InChI=1S/C16H20N2OS/c1-2-4-16-14(3-1)5-6-15(17-16)13-20-12-9-18-7-10-19-11-8-18/h1-6H,7-13H2. The number of pyridine rings is 1. The third-order valence-electron chi connectivity index (χ3n) is 3.56. The van der Waals surface area contributed by atoms with E-state index in [1.54, 1.807) is 0 Å². The molecule has 0 atom stereocenters. The minimum atomic E-state index is 0.886. The summed E-state index contributed by atoms with van der Waals surface area (Å²) >= 11 is 1.96. The van der Waals surface area contributed by atoms with E-state index in [0.717, 1.165) is 49.9 Å². The van der Waals surface area contributed by atoms with Crippen LogP contribution in [0.15, 0.2) is 36.4 Å². The Morgan fingerprint density at radius 1 is 1.10 bits per heavy atom. The van der Waals surface area contributed by atoms with Crippen LogP contribution in [0.3, 0.4) is 0 Å². The molecular formula is C16H20N2OS. The zero-order valence-corrected chi connectivity index (χ0v) is 12.4. The molecule has 0 N–H and O–H groups in total. The summed E-state index contributed by atoms with van der Waals surface area (Å²) in [6, 6.07) is 12.6. The number of aromatic nitrogens is 1. The second-order valence-corrected chi connectivity index (χ2v) is 6.11. The molecule has 3 nitrogen and oxygen atoms in total. The van der Waals surface area contributed by atoms with Gasteiger partial charge >= 0.3 is 0 Å². The van der Waals surface area contributed by atoms with E-state index in [9.17, 15) is 0 Å². The molecule has 4 heteroatoms. The van der Waals surface area contributed by atoms with Crippen LogP contribution in [0.4, 0.5) is 0 Å². The molecule has 1 saturated heterocycles. The predicted octanol–water partition coefficient (Wildman–Crippen LogP) is 2.80. The summed E-state index contributed by atoms with van der Waals surface area (Å²) in [5.74, 6) is 2.16. The van der Waals surface area contributed by atoms with Crippen LogP contribution in [0.5, 0.6) is 0 Å². The monoisotopic (exact) mass is 288 g/mol. The maximum atomic E-state index is 5.36. The van der Waals surface area contributed by atoms with Gasteiger partial charge in [-0.25, -0.2) is 0 Å². The summed E-state index contributed by atoms with van der Waals surface area (Å²) in [5, 5.41) is 1.22. The number of thioether (sulfide) groups is 1. The number of benzene rings is 1. The summed E-state index contributed by atoms with van der Waals surface area (Å²) in [6.45, 7) is 5.08. The van der Waals surface area contributed by atoms with Crippen molar-refractivity contribution < 1.29 is 4.74 Å². The highest BCUT2D eigenvalue weighted by molar-refractivity contribution is 7.98. The van der Waals surface area contributed by atoms with E-state index in [1.165, 1.54) is 11.1 Å². The fourth-order valence-corrected chi connectivity index (χ4v) is 3.29. The third kappa shape index (κ3) is 3.72. The van der Waals surface area contributed by atoms with Gasteiger partial charge in [0.1, 0.15) is 0 Å². The smallest absolute Gasteiger partial charge is 0.0705 e. The first-order valence-electron chi connectivity index (χ1n) is 7.14. The van der Waals surface area contributed by atoms with E-state index >= 15 is 0 Å². The van der Waals surface area contributed by atoms with Crippen molar-refractivity contribution in [2.75, 3.05) is 38.6 Å². The van der Waals surface area contributed by atoms with Crippen LogP contribution in [0.25, 0.3) is 10.9 Å². The molecule has 3 rings (SSSR count). The molecule has 0 saturated carbocycles. The average molecular weight is 288 g/mol. The first-order chi connectivity index (χ1) is 9.92. The van der Waals surface area contributed by atoms with Crippen molar-refractivity contribution in [1.29, 1.82) is 0 Å². The van der Waals surface area contributed by atoms with Gasteiger partial charge in [0.25, 0.3) is 0 Å². The molecular weight excluding hydrogens is 268 g/mol. The lowest BCUT2D eigenvalue weighted by Gasteiger charge is -2.26. The fraction of sp³-hybridized carbons (Fsp3) is 0.438. The van der Waals surface area contributed by atoms with Gasteiger partial charge in [0.15, 0.2) is 0 Å². The topological polar surface area (TPSA) is 25.4 Å². The van der Waals surface area contributed by atoms with Crippen molar-refractivity contribution in [3.63, 3.8) is 0 Å². The molecule has 1 aromatic carbocycles. The van der Waals surface area contributed by atoms with Gasteiger partial charge < -0.3 is 4.74 Å². The number of nitrogens with zero attached hydrogens (tertiary/aromatic N) is 2. The minimum Gasteiger partial charge on any atom is -0.379 e. The molecule has 106 valence electrons. The van der Waals surface area contributed by atoms with Gasteiger partial charge in [-0.2, -0.15) is 11.8 Å². The highest BCUT2D eigenvalue weighted by atomic mass is 32.2. The molecule has 1 aromatic heterocycles. The Morgan fingerprint density at radius 2 is 1.95 bits per heavy atom. The lowest BCUT2D eigenvalue weighted by molar-refractivity contribution is 0.0410. The average Bonchev–Trinajstić information content (AvgIpc) is 2.52. The predicted molar refractivity (Wildman–Crippen MR) is 85.2 cm³/mol. The van der Waals surface area contributed by atoms with Crippen molar-refractivity contribution >= 4 is 22.7 Å². The first-order valence-corrected chi connectivity index (χ1v) is 8.30. The number of para-hydroxylation sites is 1. The Bertz CT molecular complexity index is 555. The highest BCUT2D eigenvalue weighted by Gasteiger charge is 2.09. The summed E-state index contributed by atoms with van der Waals surface area (Å²) in [4.78, 5) is 7.18. The molecule has 0 amide bonds. The Hall–Kier alpha value is -1.10. The number of fused-ring (bicyclic) bond motifs is 1. The minimum absolute atomic E-state index is 0.886. The van der Waals surface area contributed by atoms with Crippen LogP contribution >= 0.6 is 11.8 Å². The lowest BCUT2D eigenvalue weighted by atomic mass is 10.2. The molecule has 1 fully saturated rings. The molecule has 2 heterocycles. The van der Waals surface area contributed by atoms with Gasteiger partial charge in [-0.05, 0) is 12.1 Å². The van der Waals surface area contributed by atoms with Crippen molar-refractivity contribution in [3.8, 4) is 0 Å². The van der Waals surface area contributed by atoms with Gasteiger partial charge in [0.2, 0.25) is 0 Å². The normalized spacial score (nSPS) is 16.6. The van der Waals surface area contributed by atoms with Crippen molar-refractivity contribution in [2.45, 2.75) is 5.75 Å². The second kappa shape index (κ2) is 7.07. The van der Waals surface area contributed by atoms with E-state index in [4.69, 9.17) is 9.72 Å². The quantitative estimate of drug-likeness (QED) is 0.790. The summed E-state index contributed by atoms with van der Waals surface area (Å²) in [6.07, 6.45) is 0. The molecule has 0 bridgehead atoms. The Balaban J connectivity index is 1.47. The number of ether oxygens (including phenoxy) is 1. The van der Waals surface area contributed by atoms with Gasteiger partial charge in [-0.3, -0.25) is 9.88 Å².